The number of carbonyl (C=O) groups is 1. The maximum atomic E-state index is 12.2. The van der Waals surface area contributed by atoms with E-state index in [2.05, 4.69) is 0 Å². The van der Waals surface area contributed by atoms with Gasteiger partial charge in [0.05, 0.1) is 18.8 Å². The third kappa shape index (κ3) is 2.82. The van der Waals surface area contributed by atoms with Crippen LogP contribution in [0.15, 0.2) is 53.4 Å². The highest BCUT2D eigenvalue weighted by molar-refractivity contribution is 8.07. The van der Waals surface area contributed by atoms with E-state index in [1.54, 1.807) is 18.2 Å². The molecule has 0 radical (unpaired) electrons. The summed E-state index contributed by atoms with van der Waals surface area (Å²) in [5.74, 6) is 0.761. The smallest absolute Gasteiger partial charge is 0.348 e. The van der Waals surface area contributed by atoms with E-state index >= 15 is 0 Å². The summed E-state index contributed by atoms with van der Waals surface area (Å²) in [6.45, 7) is 2.89. The van der Waals surface area contributed by atoms with Gasteiger partial charge in [-0.05, 0) is 36.2 Å². The molecule has 0 spiro atoms. The minimum Gasteiger partial charge on any atom is -0.494 e. The zero-order valence-corrected chi connectivity index (χ0v) is 13.5. The van der Waals surface area contributed by atoms with Crippen LogP contribution in [0.3, 0.4) is 0 Å². The Kier molecular flexibility index (Phi) is 4.09. The molecule has 0 unspecified atom stereocenters. The third-order valence-corrected chi connectivity index (χ3v) is 5.24. The summed E-state index contributed by atoms with van der Waals surface area (Å²) < 4.78 is 29.8. The number of hydrogen-bond acceptors (Lipinski definition) is 4. The average molecular weight is 331 g/mol. The van der Waals surface area contributed by atoms with Gasteiger partial charge < -0.3 is 4.74 Å². The Morgan fingerprint density at radius 2 is 1.74 bits per heavy atom. The normalized spacial score (nSPS) is 15.5. The molecule has 0 N–H and O–H groups in total. The second kappa shape index (κ2) is 6.04. The fourth-order valence-electron chi connectivity index (χ4n) is 2.49. The molecule has 1 amide bonds. The van der Waals surface area contributed by atoms with E-state index < -0.39 is 15.1 Å². The number of para-hydroxylation sites is 1. The lowest BCUT2D eigenvalue weighted by molar-refractivity contribution is 0.263. The van der Waals surface area contributed by atoms with Crippen molar-refractivity contribution < 1.29 is 17.9 Å². The van der Waals surface area contributed by atoms with Crippen molar-refractivity contribution in [2.45, 2.75) is 24.8 Å². The lowest BCUT2D eigenvalue weighted by Gasteiger charge is -2.16. The van der Waals surface area contributed by atoms with Crippen LogP contribution in [0, 0.1) is 0 Å². The summed E-state index contributed by atoms with van der Waals surface area (Å²) in [7, 11) is -3.91. The summed E-state index contributed by atoms with van der Waals surface area (Å²) in [4.78, 5) is 13.6. The van der Waals surface area contributed by atoms with Crippen LogP contribution >= 0.6 is 0 Å². The molecule has 0 atom stereocenters. The van der Waals surface area contributed by atoms with Crippen molar-refractivity contribution in [2.24, 2.45) is 0 Å². The predicted octanol–water partition coefficient (Wildman–Crippen LogP) is 3.39. The molecule has 2 aromatic carbocycles. The van der Waals surface area contributed by atoms with Crippen molar-refractivity contribution in [3.63, 3.8) is 0 Å². The van der Waals surface area contributed by atoms with Crippen LogP contribution < -0.4 is 9.64 Å². The maximum absolute atomic E-state index is 12.2. The second-order valence-electron chi connectivity index (χ2n) is 5.32. The molecule has 120 valence electrons. The average Bonchev–Trinajstić information content (AvgIpc) is 2.76. The Labute approximate surface area is 135 Å². The number of sulfone groups is 1. The van der Waals surface area contributed by atoms with Gasteiger partial charge in [-0.2, -0.15) is 0 Å². The molecule has 1 heterocycles. The number of hydrogen-bond donors (Lipinski definition) is 0. The highest BCUT2D eigenvalue weighted by Gasteiger charge is 2.41. The van der Waals surface area contributed by atoms with E-state index in [0.717, 1.165) is 17.7 Å². The Bertz CT molecular complexity index is 828. The maximum Gasteiger partial charge on any atom is 0.348 e. The standard InChI is InChI=1S/C17H17NO4S/c1-2-11-22-14-9-7-13(8-10-14)12-18-15-5-3-4-6-16(15)23(20,21)17(18)19/h3-10H,2,11-12H2,1H3. The first-order valence-electron chi connectivity index (χ1n) is 7.41. The van der Waals surface area contributed by atoms with Crippen LogP contribution in [0.2, 0.25) is 0 Å². The third-order valence-electron chi connectivity index (χ3n) is 3.63. The molecule has 0 aliphatic carbocycles. The summed E-state index contributed by atoms with van der Waals surface area (Å²) in [5.41, 5.74) is 1.28. The zero-order valence-electron chi connectivity index (χ0n) is 12.7. The molecule has 2 aromatic rings. The van der Waals surface area contributed by atoms with E-state index in [1.165, 1.54) is 11.0 Å². The van der Waals surface area contributed by atoms with Gasteiger partial charge in [-0.15, -0.1) is 0 Å². The predicted molar refractivity (Wildman–Crippen MR) is 87.4 cm³/mol. The fraction of sp³-hybridized carbons (Fsp3) is 0.235. The minimum absolute atomic E-state index is 0.0768. The van der Waals surface area contributed by atoms with Gasteiger partial charge >= 0.3 is 5.24 Å². The van der Waals surface area contributed by atoms with Crippen molar-refractivity contribution in [1.29, 1.82) is 0 Å². The van der Waals surface area contributed by atoms with Crippen LogP contribution in [-0.2, 0) is 16.4 Å². The van der Waals surface area contributed by atoms with Crippen molar-refractivity contribution in [1.82, 2.24) is 0 Å². The van der Waals surface area contributed by atoms with Gasteiger partial charge in [0.25, 0.3) is 9.84 Å². The van der Waals surface area contributed by atoms with Gasteiger partial charge in [0.15, 0.2) is 0 Å². The number of amides is 1. The van der Waals surface area contributed by atoms with E-state index in [0.29, 0.717) is 12.3 Å². The van der Waals surface area contributed by atoms with Crippen LogP contribution in [0.5, 0.6) is 5.75 Å². The van der Waals surface area contributed by atoms with Crippen molar-refractivity contribution >= 4 is 20.8 Å². The van der Waals surface area contributed by atoms with Gasteiger partial charge in [-0.3, -0.25) is 9.69 Å². The van der Waals surface area contributed by atoms with E-state index in [4.69, 9.17) is 4.74 Å². The summed E-state index contributed by atoms with van der Waals surface area (Å²) in [5, 5.41) is -0.870. The van der Waals surface area contributed by atoms with Crippen molar-refractivity contribution in [3.05, 3.63) is 54.1 Å². The number of nitrogens with zero attached hydrogens (tertiary/aromatic N) is 1. The van der Waals surface area contributed by atoms with E-state index in [9.17, 15) is 13.2 Å². The van der Waals surface area contributed by atoms with Gasteiger partial charge in [0.1, 0.15) is 10.6 Å². The number of benzene rings is 2. The first-order valence-corrected chi connectivity index (χ1v) is 8.89. The van der Waals surface area contributed by atoms with Gasteiger partial charge in [-0.25, -0.2) is 8.42 Å². The molecular weight excluding hydrogens is 314 g/mol. The van der Waals surface area contributed by atoms with Crippen LogP contribution in [-0.4, -0.2) is 20.3 Å². The Morgan fingerprint density at radius 1 is 1.04 bits per heavy atom. The number of rotatable bonds is 5. The highest BCUT2D eigenvalue weighted by atomic mass is 32.2. The highest BCUT2D eigenvalue weighted by Crippen LogP contribution is 2.36. The molecule has 1 aliphatic heterocycles. The summed E-state index contributed by atoms with van der Waals surface area (Å²) in [6, 6.07) is 13.8. The molecule has 0 saturated heterocycles. The Morgan fingerprint density at radius 3 is 2.43 bits per heavy atom. The molecule has 0 bridgehead atoms. The van der Waals surface area contributed by atoms with Crippen LogP contribution in [0.25, 0.3) is 0 Å². The number of fused-ring (bicyclic) bond motifs is 1. The lowest BCUT2D eigenvalue weighted by Crippen LogP contribution is -2.27. The van der Waals surface area contributed by atoms with Gasteiger partial charge in [-0.1, -0.05) is 31.2 Å². The monoisotopic (exact) mass is 331 g/mol. The summed E-state index contributed by atoms with van der Waals surface area (Å²) in [6.07, 6.45) is 0.929. The minimum atomic E-state index is -3.91. The molecule has 1 aliphatic rings. The van der Waals surface area contributed by atoms with Crippen molar-refractivity contribution in [2.75, 3.05) is 11.5 Å². The molecule has 0 fully saturated rings. The van der Waals surface area contributed by atoms with E-state index in [-0.39, 0.29) is 11.4 Å². The summed E-state index contributed by atoms with van der Waals surface area (Å²) >= 11 is 0. The lowest BCUT2D eigenvalue weighted by atomic mass is 10.2. The Hall–Kier alpha value is -2.34. The molecule has 0 saturated carbocycles. The van der Waals surface area contributed by atoms with Gasteiger partial charge in [0, 0.05) is 0 Å². The SMILES string of the molecule is CCCOc1ccc(CN2C(=O)S(=O)(=O)c3ccccc32)cc1. The molecule has 0 aromatic heterocycles. The van der Waals surface area contributed by atoms with Crippen molar-refractivity contribution in [3.8, 4) is 5.75 Å². The first kappa shape index (κ1) is 15.6. The zero-order chi connectivity index (χ0) is 16.4. The number of ether oxygens (including phenoxy) is 1. The molecule has 6 heteroatoms. The first-order chi connectivity index (χ1) is 11.0. The molecule has 5 nitrogen and oxygen atoms in total. The molecule has 3 rings (SSSR count). The van der Waals surface area contributed by atoms with E-state index in [1.807, 2.05) is 31.2 Å². The molecule has 23 heavy (non-hydrogen) atoms. The largest absolute Gasteiger partial charge is 0.494 e. The number of carbonyl (C=O) groups excluding carboxylic acids is 1. The topological polar surface area (TPSA) is 63.7 Å². The number of anilines is 1. The van der Waals surface area contributed by atoms with Crippen LogP contribution in [0.4, 0.5) is 10.5 Å². The van der Waals surface area contributed by atoms with Gasteiger partial charge in [0.2, 0.25) is 0 Å². The second-order valence-corrected chi connectivity index (χ2v) is 7.11. The molecular formula is C17H17NO4S. The Balaban J connectivity index is 1.85. The quantitative estimate of drug-likeness (QED) is 0.842. The fourth-order valence-corrected chi connectivity index (χ4v) is 3.84. The van der Waals surface area contributed by atoms with Crippen LogP contribution in [0.1, 0.15) is 18.9 Å².